The Morgan fingerprint density at radius 2 is 1.88 bits per heavy atom. The molecule has 2 rings (SSSR count). The minimum atomic E-state index is -0.738. The third-order valence-corrected chi connectivity index (χ3v) is 4.27. The second-order valence-electron chi connectivity index (χ2n) is 4.98. The lowest BCUT2D eigenvalue weighted by Gasteiger charge is -2.35. The van der Waals surface area contributed by atoms with Gasteiger partial charge >= 0.3 is 5.97 Å². The van der Waals surface area contributed by atoms with Crippen LogP contribution in [0.2, 0.25) is 0 Å². The summed E-state index contributed by atoms with van der Waals surface area (Å²) in [5, 5.41) is 8.86. The lowest BCUT2D eigenvalue weighted by molar-refractivity contribution is -0.137. The minimum Gasteiger partial charge on any atom is -0.481 e. The molecule has 0 spiro atoms. The van der Waals surface area contributed by atoms with Crippen LogP contribution in [-0.4, -0.2) is 15.8 Å². The van der Waals surface area contributed by atoms with Gasteiger partial charge in [0.15, 0.2) is 0 Å². The number of thiol groups is 1. The Bertz CT molecular complexity index is 380. The molecule has 1 N–H and O–H groups in total. The van der Waals surface area contributed by atoms with Crippen LogP contribution in [0.4, 0.5) is 0 Å². The number of rotatable bonds is 3. The molecular formula is C14H18O2S. The van der Waals surface area contributed by atoms with Gasteiger partial charge in [-0.15, -0.1) is 0 Å². The summed E-state index contributed by atoms with van der Waals surface area (Å²) in [6.45, 7) is 0. The fourth-order valence-corrected chi connectivity index (χ4v) is 3.07. The molecule has 0 unspecified atom stereocenters. The number of benzene rings is 1. The first-order chi connectivity index (χ1) is 8.09. The SMILES string of the molecule is O=C(O)CC1(S)CCC(c2ccccc2)CC1. The van der Waals surface area contributed by atoms with Gasteiger partial charge in [-0.3, -0.25) is 4.79 Å². The number of aliphatic carboxylic acids is 1. The van der Waals surface area contributed by atoms with E-state index in [-0.39, 0.29) is 11.2 Å². The zero-order chi connectivity index (χ0) is 12.3. The standard InChI is InChI=1S/C14H18O2S/c15-13(16)10-14(17)8-6-12(7-9-14)11-4-2-1-3-5-11/h1-5,12,17H,6-10H2,(H,15,16). The van der Waals surface area contributed by atoms with Gasteiger partial charge in [-0.1, -0.05) is 30.3 Å². The zero-order valence-electron chi connectivity index (χ0n) is 9.80. The van der Waals surface area contributed by atoms with Gasteiger partial charge in [0.05, 0.1) is 6.42 Å². The van der Waals surface area contributed by atoms with E-state index in [1.54, 1.807) is 0 Å². The first kappa shape index (κ1) is 12.5. The van der Waals surface area contributed by atoms with Gasteiger partial charge < -0.3 is 5.11 Å². The van der Waals surface area contributed by atoms with Crippen LogP contribution in [0.1, 0.15) is 43.6 Å². The fourth-order valence-electron chi connectivity index (χ4n) is 2.67. The number of hydrogen-bond acceptors (Lipinski definition) is 2. The maximum atomic E-state index is 10.8. The largest absolute Gasteiger partial charge is 0.481 e. The molecule has 17 heavy (non-hydrogen) atoms. The minimum absolute atomic E-state index is 0.178. The van der Waals surface area contributed by atoms with Crippen LogP contribution in [0.15, 0.2) is 30.3 Å². The molecule has 0 atom stereocenters. The van der Waals surface area contributed by atoms with E-state index in [0.29, 0.717) is 5.92 Å². The molecule has 0 heterocycles. The number of carboxylic acid groups (broad SMARTS) is 1. The van der Waals surface area contributed by atoms with Gasteiger partial charge in [0.25, 0.3) is 0 Å². The summed E-state index contributed by atoms with van der Waals surface area (Å²) in [4.78, 5) is 10.8. The van der Waals surface area contributed by atoms with E-state index in [9.17, 15) is 4.79 Å². The predicted octanol–water partition coefficient (Wildman–Crippen LogP) is 3.49. The summed E-state index contributed by atoms with van der Waals surface area (Å²) in [5.41, 5.74) is 1.37. The lowest BCUT2D eigenvalue weighted by atomic mass is 9.77. The molecule has 0 saturated heterocycles. The highest BCUT2D eigenvalue weighted by molar-refractivity contribution is 7.81. The van der Waals surface area contributed by atoms with Gasteiger partial charge in [0.2, 0.25) is 0 Å². The normalized spacial score (nSPS) is 28.9. The molecule has 0 aliphatic heterocycles. The lowest BCUT2D eigenvalue weighted by Crippen LogP contribution is -2.30. The van der Waals surface area contributed by atoms with E-state index in [4.69, 9.17) is 5.11 Å². The zero-order valence-corrected chi connectivity index (χ0v) is 10.7. The Hall–Kier alpha value is -0.960. The van der Waals surface area contributed by atoms with Crippen LogP contribution in [0.25, 0.3) is 0 Å². The van der Waals surface area contributed by atoms with Crippen LogP contribution >= 0.6 is 12.6 Å². The van der Waals surface area contributed by atoms with Crippen molar-refractivity contribution in [1.82, 2.24) is 0 Å². The van der Waals surface area contributed by atoms with Crippen molar-refractivity contribution in [3.63, 3.8) is 0 Å². The number of hydrogen-bond donors (Lipinski definition) is 2. The Morgan fingerprint density at radius 3 is 2.41 bits per heavy atom. The van der Waals surface area contributed by atoms with Gasteiger partial charge in [-0.2, -0.15) is 12.6 Å². The van der Waals surface area contributed by atoms with Gasteiger partial charge in [-0.05, 0) is 37.2 Å². The summed E-state index contributed by atoms with van der Waals surface area (Å²) in [5.74, 6) is -0.163. The second-order valence-corrected chi connectivity index (χ2v) is 5.93. The average Bonchev–Trinajstić information content (AvgIpc) is 2.29. The third-order valence-electron chi connectivity index (χ3n) is 3.67. The Balaban J connectivity index is 1.96. The summed E-state index contributed by atoms with van der Waals surface area (Å²) < 4.78 is -0.295. The van der Waals surface area contributed by atoms with E-state index in [1.165, 1.54) is 5.56 Å². The van der Waals surface area contributed by atoms with E-state index in [0.717, 1.165) is 25.7 Å². The maximum absolute atomic E-state index is 10.8. The molecule has 3 heteroatoms. The summed E-state index contributed by atoms with van der Waals surface area (Å²) >= 11 is 4.56. The molecule has 1 aliphatic carbocycles. The molecule has 1 aliphatic rings. The second kappa shape index (κ2) is 5.13. The summed E-state index contributed by atoms with van der Waals surface area (Å²) in [7, 11) is 0. The van der Waals surface area contributed by atoms with E-state index < -0.39 is 5.97 Å². The van der Waals surface area contributed by atoms with Gasteiger partial charge in [-0.25, -0.2) is 0 Å². The van der Waals surface area contributed by atoms with E-state index in [2.05, 4.69) is 36.9 Å². The highest BCUT2D eigenvalue weighted by Gasteiger charge is 2.34. The van der Waals surface area contributed by atoms with Crippen molar-refractivity contribution in [1.29, 1.82) is 0 Å². The van der Waals surface area contributed by atoms with Crippen LogP contribution < -0.4 is 0 Å². The topological polar surface area (TPSA) is 37.3 Å². The van der Waals surface area contributed by atoms with E-state index >= 15 is 0 Å². The summed E-state index contributed by atoms with van der Waals surface area (Å²) in [6.07, 6.45) is 4.04. The molecule has 1 aromatic rings. The van der Waals surface area contributed by atoms with Crippen molar-refractivity contribution in [2.45, 2.75) is 42.8 Å². The van der Waals surface area contributed by atoms with Crippen LogP contribution in [0.3, 0.4) is 0 Å². The molecule has 0 bridgehead atoms. The Kier molecular flexibility index (Phi) is 3.77. The monoisotopic (exact) mass is 250 g/mol. The average molecular weight is 250 g/mol. The first-order valence-electron chi connectivity index (χ1n) is 6.08. The molecule has 1 fully saturated rings. The van der Waals surface area contributed by atoms with Crippen molar-refractivity contribution in [2.24, 2.45) is 0 Å². The molecule has 0 amide bonds. The molecular weight excluding hydrogens is 232 g/mol. The quantitative estimate of drug-likeness (QED) is 0.806. The first-order valence-corrected chi connectivity index (χ1v) is 6.53. The van der Waals surface area contributed by atoms with Crippen molar-refractivity contribution >= 4 is 18.6 Å². The molecule has 0 aromatic heterocycles. The smallest absolute Gasteiger partial charge is 0.304 e. The molecule has 0 radical (unpaired) electrons. The number of carbonyl (C=O) groups is 1. The van der Waals surface area contributed by atoms with Crippen LogP contribution in [0, 0.1) is 0 Å². The Labute approximate surface area is 107 Å². The fraction of sp³-hybridized carbons (Fsp3) is 0.500. The molecule has 1 aromatic carbocycles. The Morgan fingerprint density at radius 1 is 1.29 bits per heavy atom. The van der Waals surface area contributed by atoms with Crippen molar-refractivity contribution < 1.29 is 9.90 Å². The van der Waals surface area contributed by atoms with Crippen molar-refractivity contribution in [2.75, 3.05) is 0 Å². The van der Waals surface area contributed by atoms with Crippen molar-refractivity contribution in [3.8, 4) is 0 Å². The number of carboxylic acids is 1. The predicted molar refractivity (Wildman–Crippen MR) is 71.6 cm³/mol. The van der Waals surface area contributed by atoms with E-state index in [1.807, 2.05) is 6.07 Å². The highest BCUT2D eigenvalue weighted by Crippen LogP contribution is 2.42. The third kappa shape index (κ3) is 3.25. The highest BCUT2D eigenvalue weighted by atomic mass is 32.1. The summed E-state index contributed by atoms with van der Waals surface area (Å²) in [6, 6.07) is 10.5. The molecule has 2 nitrogen and oxygen atoms in total. The maximum Gasteiger partial charge on any atom is 0.304 e. The van der Waals surface area contributed by atoms with Gasteiger partial charge in [0.1, 0.15) is 0 Å². The molecule has 92 valence electrons. The van der Waals surface area contributed by atoms with Crippen LogP contribution in [0.5, 0.6) is 0 Å². The molecule has 1 saturated carbocycles. The van der Waals surface area contributed by atoms with Crippen molar-refractivity contribution in [3.05, 3.63) is 35.9 Å². The van der Waals surface area contributed by atoms with Gasteiger partial charge in [0, 0.05) is 4.75 Å². The van der Waals surface area contributed by atoms with Crippen LogP contribution in [-0.2, 0) is 4.79 Å².